The van der Waals surface area contributed by atoms with Gasteiger partial charge >= 0.3 is 0 Å². The number of methoxy groups -OCH3 is 1. The normalized spacial score (nSPS) is 14.7. The van der Waals surface area contributed by atoms with Crippen molar-refractivity contribution < 1.29 is 19.0 Å². The second kappa shape index (κ2) is 12.4. The molecule has 0 saturated carbocycles. The second-order valence-electron chi connectivity index (χ2n) is 5.95. The summed E-state index contributed by atoms with van der Waals surface area (Å²) in [7, 11) is 1.31. The monoisotopic (exact) mass is 399 g/mol. The Labute approximate surface area is 172 Å². The molecule has 0 bridgehead atoms. The van der Waals surface area contributed by atoms with Gasteiger partial charge in [0.1, 0.15) is 5.82 Å². The first-order chi connectivity index (χ1) is 14.3. The van der Waals surface area contributed by atoms with Gasteiger partial charge in [-0.15, -0.1) is 0 Å². The maximum absolute atomic E-state index is 8.95. The zero-order valence-electron chi connectivity index (χ0n) is 17.2. The van der Waals surface area contributed by atoms with Crippen molar-refractivity contribution >= 4 is 17.9 Å². The molecule has 0 fully saturated rings. The van der Waals surface area contributed by atoms with Crippen molar-refractivity contribution in [2.24, 2.45) is 0 Å². The van der Waals surface area contributed by atoms with Crippen molar-refractivity contribution in [3.8, 4) is 11.5 Å². The summed E-state index contributed by atoms with van der Waals surface area (Å²) in [4.78, 5) is 13.3. The summed E-state index contributed by atoms with van der Waals surface area (Å²) in [6.07, 6.45) is 2.98. The van der Waals surface area contributed by atoms with E-state index in [4.69, 9.17) is 14.3 Å². The van der Waals surface area contributed by atoms with Crippen LogP contribution in [-0.4, -0.2) is 45.0 Å². The molecule has 1 aromatic carbocycles. The number of hydrogen-bond acceptors (Lipinski definition) is 7. The van der Waals surface area contributed by atoms with Crippen molar-refractivity contribution in [2.45, 2.75) is 20.3 Å². The lowest BCUT2D eigenvalue weighted by Crippen LogP contribution is -2.30. The van der Waals surface area contributed by atoms with E-state index in [1.54, 1.807) is 0 Å². The van der Waals surface area contributed by atoms with Gasteiger partial charge in [0.25, 0.3) is 6.47 Å². The Morgan fingerprint density at radius 3 is 2.41 bits per heavy atom. The molecule has 7 heteroatoms. The number of pyridine rings is 1. The maximum Gasteiger partial charge on any atom is 0.292 e. The second-order valence-corrected chi connectivity index (χ2v) is 5.95. The van der Waals surface area contributed by atoms with Crippen LogP contribution in [0.2, 0.25) is 0 Å². The van der Waals surface area contributed by atoms with E-state index >= 15 is 0 Å². The largest absolute Gasteiger partial charge is 0.471 e. The van der Waals surface area contributed by atoms with Crippen molar-refractivity contribution in [3.63, 3.8) is 0 Å². The molecule has 0 amide bonds. The Kier molecular flexibility index (Phi) is 9.51. The van der Waals surface area contributed by atoms with E-state index in [9.17, 15) is 0 Å². The molecule has 0 saturated heterocycles. The van der Waals surface area contributed by atoms with Crippen LogP contribution in [0.5, 0.6) is 11.5 Å². The summed E-state index contributed by atoms with van der Waals surface area (Å²) < 4.78 is 14.0. The van der Waals surface area contributed by atoms with Gasteiger partial charge in [-0.2, -0.15) is 0 Å². The maximum atomic E-state index is 8.95. The number of fused-ring (bicyclic) bond motifs is 3. The molecule has 3 aliphatic heterocycles. The van der Waals surface area contributed by atoms with E-state index < -0.39 is 0 Å². The third-order valence-electron chi connectivity index (χ3n) is 4.29. The summed E-state index contributed by atoms with van der Waals surface area (Å²) in [6.45, 7) is 7.80. The first kappa shape index (κ1) is 22.2. The predicted molar refractivity (Wildman–Crippen MR) is 114 cm³/mol. The van der Waals surface area contributed by atoms with Gasteiger partial charge in [-0.05, 0) is 48.4 Å². The first-order valence-corrected chi connectivity index (χ1v) is 9.75. The number of hydrogen-bond donors (Lipinski definition) is 2. The van der Waals surface area contributed by atoms with E-state index in [1.807, 2.05) is 50.4 Å². The summed E-state index contributed by atoms with van der Waals surface area (Å²) >= 11 is 0. The van der Waals surface area contributed by atoms with Crippen molar-refractivity contribution in [1.29, 1.82) is 0 Å². The Hall–Kier alpha value is -3.06. The number of ether oxygens (including phenoxy) is 3. The van der Waals surface area contributed by atoms with Gasteiger partial charge in [0.05, 0.1) is 7.11 Å². The molecular formula is C22H29N3O4. The lowest BCUT2D eigenvalue weighted by molar-refractivity contribution is -0.126. The van der Waals surface area contributed by atoms with Gasteiger partial charge in [0.2, 0.25) is 6.79 Å². The molecule has 1 aromatic heterocycles. The number of carbonyl (C=O) groups excluding carboxylic acids is 1. The smallest absolute Gasteiger partial charge is 0.292 e. The molecule has 156 valence electrons. The molecule has 0 aliphatic carbocycles. The SMILES string of the molecule is CC.COC=O.c1ccc2c(c1)OCO2.c1cnc2c(c1)C1=C(CNCC1)CN2. The van der Waals surface area contributed by atoms with Crippen molar-refractivity contribution in [1.82, 2.24) is 10.3 Å². The molecule has 2 aromatic rings. The lowest BCUT2D eigenvalue weighted by Gasteiger charge is -2.27. The van der Waals surface area contributed by atoms with Gasteiger partial charge in [-0.1, -0.05) is 26.0 Å². The van der Waals surface area contributed by atoms with Crippen LogP contribution in [0.1, 0.15) is 25.8 Å². The zero-order chi connectivity index (χ0) is 20.9. The highest BCUT2D eigenvalue weighted by atomic mass is 16.7. The average molecular weight is 399 g/mol. The fraction of sp³-hybridized carbons (Fsp3) is 0.364. The fourth-order valence-corrected chi connectivity index (χ4v) is 3.06. The molecular weight excluding hydrogens is 370 g/mol. The van der Waals surface area contributed by atoms with E-state index in [-0.39, 0.29) is 0 Å². The minimum Gasteiger partial charge on any atom is -0.471 e. The molecule has 7 nitrogen and oxygen atoms in total. The number of rotatable bonds is 1. The van der Waals surface area contributed by atoms with Gasteiger partial charge in [-0.25, -0.2) is 4.98 Å². The predicted octanol–water partition coefficient (Wildman–Crippen LogP) is 3.48. The third kappa shape index (κ3) is 6.22. The lowest BCUT2D eigenvalue weighted by atomic mass is 9.92. The molecule has 0 unspecified atom stereocenters. The average Bonchev–Trinajstić information content (AvgIpc) is 3.30. The molecule has 4 heterocycles. The van der Waals surface area contributed by atoms with Gasteiger partial charge in [0, 0.05) is 24.8 Å². The summed E-state index contributed by atoms with van der Waals surface area (Å²) in [5.74, 6) is 2.74. The molecule has 5 rings (SSSR count). The summed E-state index contributed by atoms with van der Waals surface area (Å²) in [5.41, 5.74) is 4.30. The van der Waals surface area contributed by atoms with Crippen molar-refractivity contribution in [2.75, 3.05) is 38.9 Å². The van der Waals surface area contributed by atoms with Crippen molar-refractivity contribution in [3.05, 3.63) is 53.7 Å². The van der Waals surface area contributed by atoms with E-state index in [0.717, 1.165) is 43.4 Å². The zero-order valence-corrected chi connectivity index (χ0v) is 17.2. The van der Waals surface area contributed by atoms with Crippen LogP contribution in [0, 0.1) is 0 Å². The van der Waals surface area contributed by atoms with Crippen LogP contribution in [0.15, 0.2) is 48.2 Å². The highest BCUT2D eigenvalue weighted by Gasteiger charge is 2.20. The molecule has 2 N–H and O–H groups in total. The standard InChI is InChI=1S/C11H13N3.C7H6O2.C2H4O2.C2H6/c1-2-10-9-3-5-12-6-8(9)7-14-11(10)13-4-1;1-2-4-7-6(3-1)8-5-9-7;1-4-2-3;1-2/h1-2,4,12H,3,5-7H2,(H,13,14);1-4H,5H2;2H,1H3;1-2H3. The number of nitrogens with zero attached hydrogens (tertiary/aromatic N) is 1. The third-order valence-corrected chi connectivity index (χ3v) is 4.29. The van der Waals surface area contributed by atoms with Gasteiger partial charge < -0.3 is 24.8 Å². The van der Waals surface area contributed by atoms with Gasteiger partial charge in [-0.3, -0.25) is 4.79 Å². The number of carbonyl (C=O) groups is 1. The number of benzene rings is 1. The Morgan fingerprint density at radius 1 is 1.07 bits per heavy atom. The number of anilines is 1. The number of para-hydroxylation sites is 2. The number of aromatic nitrogens is 1. The first-order valence-electron chi connectivity index (χ1n) is 9.75. The van der Waals surface area contributed by atoms with Crippen LogP contribution in [0.3, 0.4) is 0 Å². The fourth-order valence-electron chi connectivity index (χ4n) is 3.06. The minimum atomic E-state index is 0.360. The Bertz CT molecular complexity index is 785. The highest BCUT2D eigenvalue weighted by Crippen LogP contribution is 2.32. The molecule has 3 aliphatic rings. The Balaban J connectivity index is 0.000000172. The highest BCUT2D eigenvalue weighted by molar-refractivity contribution is 5.80. The van der Waals surface area contributed by atoms with Crippen LogP contribution in [0.4, 0.5) is 5.82 Å². The quantitative estimate of drug-likeness (QED) is 0.711. The summed E-state index contributed by atoms with van der Waals surface area (Å²) in [5, 5.41) is 6.75. The number of nitrogens with one attached hydrogen (secondary N) is 2. The molecule has 29 heavy (non-hydrogen) atoms. The van der Waals surface area contributed by atoms with Crippen LogP contribution in [0.25, 0.3) is 5.57 Å². The Morgan fingerprint density at radius 2 is 1.76 bits per heavy atom. The molecule has 0 radical (unpaired) electrons. The summed E-state index contributed by atoms with van der Waals surface area (Å²) in [6, 6.07) is 11.8. The molecule has 0 atom stereocenters. The van der Waals surface area contributed by atoms with E-state index in [2.05, 4.69) is 26.4 Å². The molecule has 0 spiro atoms. The van der Waals surface area contributed by atoms with Gasteiger partial charge in [0.15, 0.2) is 11.5 Å². The van der Waals surface area contributed by atoms with E-state index in [1.165, 1.54) is 23.8 Å². The van der Waals surface area contributed by atoms with Crippen LogP contribution in [-0.2, 0) is 9.53 Å². The topological polar surface area (TPSA) is 81.7 Å². The van der Waals surface area contributed by atoms with Crippen LogP contribution >= 0.6 is 0 Å². The minimum absolute atomic E-state index is 0.360. The van der Waals surface area contributed by atoms with E-state index in [0.29, 0.717) is 13.3 Å². The van der Waals surface area contributed by atoms with Crippen LogP contribution < -0.4 is 20.1 Å².